The number of pyridine rings is 1. The second kappa shape index (κ2) is 12.9. The molecule has 2 aromatic carbocycles. The third-order valence-electron chi connectivity index (χ3n) is 6.89. The number of nitrogens with one attached hydrogen (secondary N) is 2. The minimum Gasteiger partial charge on any atom is -0.506 e. The predicted molar refractivity (Wildman–Crippen MR) is 143 cm³/mol. The van der Waals surface area contributed by atoms with E-state index < -0.39 is 30.3 Å². The molecule has 0 saturated heterocycles. The fourth-order valence-electron chi connectivity index (χ4n) is 4.79. The topological polar surface area (TPSA) is 200 Å². The van der Waals surface area contributed by atoms with E-state index in [0.29, 0.717) is 29.1 Å². The van der Waals surface area contributed by atoms with E-state index in [1.54, 1.807) is 12.1 Å². The summed E-state index contributed by atoms with van der Waals surface area (Å²) in [6.07, 6.45) is -1.20. The van der Waals surface area contributed by atoms with Gasteiger partial charge in [-0.3, -0.25) is 4.79 Å². The van der Waals surface area contributed by atoms with Gasteiger partial charge in [-0.2, -0.15) is 0 Å². The van der Waals surface area contributed by atoms with Crippen LogP contribution in [0.3, 0.4) is 0 Å². The quantitative estimate of drug-likeness (QED) is 0.193. The van der Waals surface area contributed by atoms with Gasteiger partial charge in [0.2, 0.25) is 5.56 Å². The lowest BCUT2D eigenvalue weighted by atomic mass is 9.97. The van der Waals surface area contributed by atoms with E-state index in [1.807, 2.05) is 0 Å². The predicted octanol–water partition coefficient (Wildman–Crippen LogP) is 1.03. The van der Waals surface area contributed by atoms with Crippen LogP contribution in [-0.4, -0.2) is 72.4 Å². The van der Waals surface area contributed by atoms with Crippen LogP contribution in [0.5, 0.6) is 5.75 Å². The number of carboxylic acid groups (broad SMARTS) is 2. The second-order valence-corrected chi connectivity index (χ2v) is 9.48. The lowest BCUT2D eigenvalue weighted by molar-refractivity contribution is -0.165. The van der Waals surface area contributed by atoms with Crippen LogP contribution in [0, 0.1) is 0 Å². The number of carbonyl (C=O) groups is 2. The van der Waals surface area contributed by atoms with Crippen LogP contribution in [0.15, 0.2) is 41.2 Å². The van der Waals surface area contributed by atoms with Crippen LogP contribution in [0.2, 0.25) is 0 Å². The Morgan fingerprint density at radius 1 is 0.923 bits per heavy atom. The number of carboxylic acids is 2. The Morgan fingerprint density at radius 3 is 1.95 bits per heavy atom. The molecule has 0 amide bonds. The van der Waals surface area contributed by atoms with Crippen LogP contribution in [0.4, 0.5) is 0 Å². The van der Waals surface area contributed by atoms with Gasteiger partial charge in [-0.1, -0.05) is 32.0 Å². The molecule has 4 rings (SSSR count). The third-order valence-corrected chi connectivity index (χ3v) is 6.89. The highest BCUT2D eigenvalue weighted by Crippen LogP contribution is 2.30. The van der Waals surface area contributed by atoms with Crippen molar-refractivity contribution >= 4 is 22.8 Å². The normalized spacial score (nSPS) is 15.2. The average molecular weight is 543 g/mol. The monoisotopic (exact) mass is 542 g/mol. The largest absolute Gasteiger partial charge is 0.506 e. The number of hydrogen-bond donors (Lipinski definition) is 8. The number of benzene rings is 2. The van der Waals surface area contributed by atoms with Crippen LogP contribution in [-0.2, 0) is 35.3 Å². The fourth-order valence-corrected chi connectivity index (χ4v) is 4.79. The van der Waals surface area contributed by atoms with Crippen LogP contribution < -0.4 is 10.9 Å². The summed E-state index contributed by atoms with van der Waals surface area (Å²) >= 11 is 0. The molecule has 1 aliphatic rings. The van der Waals surface area contributed by atoms with Gasteiger partial charge in [0.05, 0.1) is 11.6 Å². The van der Waals surface area contributed by atoms with Crippen LogP contribution >= 0.6 is 0 Å². The van der Waals surface area contributed by atoms with Gasteiger partial charge in [-0.05, 0) is 65.6 Å². The summed E-state index contributed by atoms with van der Waals surface area (Å²) in [5, 5.41) is 57.5. The molecule has 39 heavy (non-hydrogen) atoms. The number of aliphatic hydroxyl groups is 3. The van der Waals surface area contributed by atoms with E-state index in [-0.39, 0.29) is 11.3 Å². The fraction of sp³-hybridized carbons (Fsp3) is 0.393. The van der Waals surface area contributed by atoms with Gasteiger partial charge in [-0.25, -0.2) is 9.59 Å². The minimum absolute atomic E-state index is 0.00584. The molecule has 3 aromatic rings. The van der Waals surface area contributed by atoms with Crippen LogP contribution in [0.25, 0.3) is 10.9 Å². The van der Waals surface area contributed by atoms with Crippen molar-refractivity contribution in [2.24, 2.45) is 0 Å². The molecule has 0 spiro atoms. The standard InChI is InChI=1S/C24H28N2O3.C4H6O6/c1-3-14-9-16-11-18(12-17(16)10-15(14)4-2)25-13-22(28)19-5-7-21(27)24-20(19)6-8-23(29)26-24;5-1(3(7)8)2(6)4(9)10/h5-10,18,22,25,27-28H,3-4,11-13H2,1-2H3,(H,26,29);1-2,5-6H,(H,7,8)(H,9,10)/t22-;/m0./s1. The zero-order chi connectivity index (χ0) is 28.9. The first-order chi connectivity index (χ1) is 18.5. The molecule has 3 atom stereocenters. The number of aliphatic carboxylic acids is 2. The first-order valence-electron chi connectivity index (χ1n) is 12.7. The molecule has 11 heteroatoms. The lowest BCUT2D eigenvalue weighted by Gasteiger charge is -2.18. The molecule has 1 aliphatic carbocycles. The maximum absolute atomic E-state index is 11.6. The molecule has 2 unspecified atom stereocenters. The number of aromatic hydroxyl groups is 1. The zero-order valence-electron chi connectivity index (χ0n) is 21.7. The van der Waals surface area contributed by atoms with Gasteiger partial charge in [0.1, 0.15) is 5.75 Å². The highest BCUT2D eigenvalue weighted by molar-refractivity contribution is 5.87. The first-order valence-corrected chi connectivity index (χ1v) is 12.7. The third kappa shape index (κ3) is 7.01. The van der Waals surface area contributed by atoms with E-state index in [2.05, 4.69) is 36.3 Å². The smallest absolute Gasteiger partial charge is 0.335 e. The molecule has 210 valence electrons. The number of phenolic OH excluding ortho intramolecular Hbond substituents is 1. The molecule has 0 bridgehead atoms. The Balaban J connectivity index is 0.000000360. The van der Waals surface area contributed by atoms with Crippen molar-refractivity contribution in [3.05, 3.63) is 74.6 Å². The van der Waals surface area contributed by atoms with Gasteiger partial charge < -0.3 is 40.9 Å². The number of rotatable bonds is 9. The average Bonchev–Trinajstić information content (AvgIpc) is 3.32. The van der Waals surface area contributed by atoms with E-state index >= 15 is 0 Å². The summed E-state index contributed by atoms with van der Waals surface area (Å²) in [4.78, 5) is 33.8. The summed E-state index contributed by atoms with van der Waals surface area (Å²) in [6, 6.07) is 11.3. The second-order valence-electron chi connectivity index (χ2n) is 9.48. The minimum atomic E-state index is -2.27. The first kappa shape index (κ1) is 29.8. The maximum atomic E-state index is 11.6. The zero-order valence-corrected chi connectivity index (χ0v) is 21.7. The van der Waals surface area contributed by atoms with E-state index in [9.17, 15) is 24.6 Å². The Kier molecular flexibility index (Phi) is 9.81. The highest BCUT2D eigenvalue weighted by Gasteiger charge is 2.29. The number of aromatic amines is 1. The summed E-state index contributed by atoms with van der Waals surface area (Å²) in [5.74, 6) is -3.53. The van der Waals surface area contributed by atoms with E-state index in [1.165, 1.54) is 34.4 Å². The number of H-pyrrole nitrogens is 1. The summed E-state index contributed by atoms with van der Waals surface area (Å²) < 4.78 is 0. The summed E-state index contributed by atoms with van der Waals surface area (Å²) in [7, 11) is 0. The molecule has 0 aliphatic heterocycles. The molecule has 0 saturated carbocycles. The van der Waals surface area contributed by atoms with Crippen LogP contribution in [0.1, 0.15) is 47.8 Å². The SMILES string of the molecule is CCc1cc2c(cc1CC)CC(NC[C@H](O)c1ccc(O)c3[nH]c(=O)ccc13)C2.O=C(O)C(O)C(O)C(=O)O. The molecular formula is C28H34N2O9. The van der Waals surface area contributed by atoms with Crippen molar-refractivity contribution in [2.45, 2.75) is 63.9 Å². The van der Waals surface area contributed by atoms with Crippen molar-refractivity contribution in [3.8, 4) is 5.75 Å². The molecular weight excluding hydrogens is 508 g/mol. The molecule has 11 nitrogen and oxygen atoms in total. The number of aryl methyl sites for hydroxylation is 2. The summed E-state index contributed by atoms with van der Waals surface area (Å²) in [5.41, 5.74) is 6.49. The maximum Gasteiger partial charge on any atom is 0.335 e. The lowest BCUT2D eigenvalue weighted by Crippen LogP contribution is -2.39. The molecule has 1 heterocycles. The Morgan fingerprint density at radius 2 is 1.46 bits per heavy atom. The van der Waals surface area contributed by atoms with Crippen molar-refractivity contribution in [1.29, 1.82) is 0 Å². The van der Waals surface area contributed by atoms with E-state index in [0.717, 1.165) is 25.7 Å². The molecule has 1 aromatic heterocycles. The van der Waals surface area contributed by atoms with Crippen molar-refractivity contribution < 1.29 is 40.2 Å². The van der Waals surface area contributed by atoms with Gasteiger partial charge in [0.15, 0.2) is 12.2 Å². The number of aromatic nitrogens is 1. The van der Waals surface area contributed by atoms with Gasteiger partial charge in [0.25, 0.3) is 0 Å². The number of phenols is 1. The van der Waals surface area contributed by atoms with Gasteiger partial charge in [-0.15, -0.1) is 0 Å². The molecule has 8 N–H and O–H groups in total. The van der Waals surface area contributed by atoms with Crippen molar-refractivity contribution in [3.63, 3.8) is 0 Å². The Labute approximate surface area is 224 Å². The van der Waals surface area contributed by atoms with Gasteiger partial charge in [0, 0.05) is 24.0 Å². The number of fused-ring (bicyclic) bond motifs is 2. The van der Waals surface area contributed by atoms with Crippen molar-refractivity contribution in [2.75, 3.05) is 6.54 Å². The Bertz CT molecular complexity index is 1350. The molecule has 0 radical (unpaired) electrons. The van der Waals surface area contributed by atoms with Crippen molar-refractivity contribution in [1.82, 2.24) is 10.3 Å². The summed E-state index contributed by atoms with van der Waals surface area (Å²) in [6.45, 7) is 4.83. The van der Waals surface area contributed by atoms with E-state index in [4.69, 9.17) is 20.4 Å². The number of aliphatic hydroxyl groups excluding tert-OH is 3. The van der Waals surface area contributed by atoms with Gasteiger partial charge >= 0.3 is 11.9 Å². The highest BCUT2D eigenvalue weighted by atomic mass is 16.4. The molecule has 0 fully saturated rings. The Hall–Kier alpha value is -3.77. The number of hydrogen-bond acceptors (Lipinski definition) is 8.